The third-order valence-electron chi connectivity index (χ3n) is 5.75. The van der Waals surface area contributed by atoms with E-state index in [-0.39, 0.29) is 18.5 Å². The number of carbonyl (C=O) groups excluding carboxylic acids is 1. The number of anilines is 1. The van der Waals surface area contributed by atoms with Gasteiger partial charge >= 0.3 is 5.97 Å². The summed E-state index contributed by atoms with van der Waals surface area (Å²) in [6.45, 7) is 2.80. The van der Waals surface area contributed by atoms with Gasteiger partial charge in [-0.15, -0.1) is 5.10 Å². The summed E-state index contributed by atoms with van der Waals surface area (Å²) < 4.78 is 5.76. The molecule has 1 aliphatic rings. The summed E-state index contributed by atoms with van der Waals surface area (Å²) in [5.74, 6) is -0.744. The van der Waals surface area contributed by atoms with E-state index in [1.165, 1.54) is 6.07 Å². The van der Waals surface area contributed by atoms with Crippen molar-refractivity contribution in [3.05, 3.63) is 83.6 Å². The van der Waals surface area contributed by atoms with Crippen molar-refractivity contribution < 1.29 is 14.6 Å². The van der Waals surface area contributed by atoms with Gasteiger partial charge in [-0.3, -0.25) is 9.80 Å². The van der Waals surface area contributed by atoms with Crippen LogP contribution >= 0.6 is 0 Å². The number of aromatic hydroxyl groups is 1. The molecule has 1 aromatic heterocycles. The van der Waals surface area contributed by atoms with E-state index in [4.69, 9.17) is 4.74 Å². The number of hydrogen-bond donors (Lipinski definition) is 1. The van der Waals surface area contributed by atoms with E-state index >= 15 is 0 Å². The molecule has 0 amide bonds. The summed E-state index contributed by atoms with van der Waals surface area (Å²) in [5.41, 5.74) is 3.99. The lowest BCUT2D eigenvalue weighted by Gasteiger charge is -2.28. The van der Waals surface area contributed by atoms with Gasteiger partial charge in [0.2, 0.25) is 5.88 Å². The second-order valence-electron chi connectivity index (χ2n) is 8.06. The van der Waals surface area contributed by atoms with Gasteiger partial charge < -0.3 is 9.84 Å². The predicted molar refractivity (Wildman–Crippen MR) is 125 cm³/mol. The number of hydrogen-bond acceptors (Lipinski definition) is 5. The average molecular weight is 432 g/mol. The maximum absolute atomic E-state index is 13.3. The number of benzene rings is 2. The minimum absolute atomic E-state index is 0.0638. The number of ether oxygens (including phenoxy) is 1. The molecule has 0 aliphatic carbocycles. The van der Waals surface area contributed by atoms with E-state index in [1.54, 1.807) is 11.0 Å². The molecule has 166 valence electrons. The molecular formula is C26H29N3O3. The first-order valence-electron chi connectivity index (χ1n) is 11.2. The zero-order valence-corrected chi connectivity index (χ0v) is 18.4. The van der Waals surface area contributed by atoms with Gasteiger partial charge in [-0.05, 0) is 30.0 Å². The molecule has 1 atom stereocenters. The van der Waals surface area contributed by atoms with E-state index in [9.17, 15) is 9.90 Å². The number of esters is 1. The van der Waals surface area contributed by atoms with E-state index < -0.39 is 5.92 Å². The molecule has 4 rings (SSSR count). The van der Waals surface area contributed by atoms with Crippen LogP contribution < -0.4 is 5.01 Å². The molecule has 2 aromatic carbocycles. The monoisotopic (exact) mass is 431 g/mol. The van der Waals surface area contributed by atoms with Crippen LogP contribution in [-0.2, 0) is 16.1 Å². The molecule has 1 aliphatic heterocycles. The molecule has 3 aromatic rings. The van der Waals surface area contributed by atoms with Crippen molar-refractivity contribution in [1.29, 1.82) is 0 Å². The Bertz CT molecular complexity index is 1070. The molecular weight excluding hydrogens is 402 g/mol. The molecule has 6 heteroatoms. The Morgan fingerprint density at radius 1 is 1.09 bits per heavy atom. The summed E-state index contributed by atoms with van der Waals surface area (Å²) in [6, 6.07) is 19.3. The number of fused-ring (bicyclic) bond motifs is 1. The fourth-order valence-corrected chi connectivity index (χ4v) is 4.05. The van der Waals surface area contributed by atoms with Crippen LogP contribution in [-0.4, -0.2) is 27.5 Å². The van der Waals surface area contributed by atoms with Crippen LogP contribution in [0.1, 0.15) is 43.7 Å². The smallest absolute Gasteiger partial charge is 0.315 e. The first-order chi connectivity index (χ1) is 15.7. The summed E-state index contributed by atoms with van der Waals surface area (Å²) >= 11 is 0. The van der Waals surface area contributed by atoms with Crippen LogP contribution in [0.5, 0.6) is 5.88 Å². The van der Waals surface area contributed by atoms with Gasteiger partial charge in [0.1, 0.15) is 6.61 Å². The molecule has 2 heterocycles. The van der Waals surface area contributed by atoms with Crippen LogP contribution in [0.25, 0.3) is 6.08 Å². The Kier molecular flexibility index (Phi) is 6.90. The summed E-state index contributed by atoms with van der Waals surface area (Å²) in [7, 11) is 0. The Labute approximate surface area is 188 Å². The molecule has 0 radical (unpaired) electrons. The molecule has 0 bridgehead atoms. The van der Waals surface area contributed by atoms with E-state index in [0.717, 1.165) is 48.1 Å². The maximum Gasteiger partial charge on any atom is 0.315 e. The highest BCUT2D eigenvalue weighted by Crippen LogP contribution is 2.34. The fourth-order valence-electron chi connectivity index (χ4n) is 4.05. The van der Waals surface area contributed by atoms with E-state index in [1.807, 2.05) is 59.6 Å². The van der Waals surface area contributed by atoms with Gasteiger partial charge in [0.05, 0.1) is 24.3 Å². The molecule has 0 spiro atoms. The zero-order valence-electron chi connectivity index (χ0n) is 18.4. The molecule has 32 heavy (non-hydrogen) atoms. The van der Waals surface area contributed by atoms with Gasteiger partial charge in [0, 0.05) is 6.07 Å². The minimum atomic E-state index is -0.436. The molecule has 1 unspecified atom stereocenters. The van der Waals surface area contributed by atoms with Crippen LogP contribution in [0.4, 0.5) is 5.69 Å². The lowest BCUT2D eigenvalue weighted by molar-refractivity contribution is -0.148. The molecule has 0 saturated heterocycles. The van der Waals surface area contributed by atoms with E-state index in [0.29, 0.717) is 6.54 Å². The van der Waals surface area contributed by atoms with Crippen molar-refractivity contribution in [2.75, 3.05) is 11.6 Å². The van der Waals surface area contributed by atoms with Crippen LogP contribution in [0.3, 0.4) is 0 Å². The van der Waals surface area contributed by atoms with Crippen molar-refractivity contribution in [3.63, 3.8) is 0 Å². The van der Waals surface area contributed by atoms with Crippen LogP contribution in [0.15, 0.2) is 72.4 Å². The van der Waals surface area contributed by atoms with Gasteiger partial charge in [-0.1, -0.05) is 79.9 Å². The lowest BCUT2D eigenvalue weighted by Crippen LogP contribution is -2.38. The number of carbonyl (C=O) groups is 1. The lowest BCUT2D eigenvalue weighted by atomic mass is 9.93. The largest absolute Gasteiger partial charge is 0.492 e. The summed E-state index contributed by atoms with van der Waals surface area (Å²) in [6.07, 6.45) is 7.91. The van der Waals surface area contributed by atoms with Crippen LogP contribution in [0, 0.1) is 5.92 Å². The Morgan fingerprint density at radius 2 is 1.88 bits per heavy atom. The SMILES string of the molecule is CCCCCC1=Cc2ccccc2N(n2ccc(O)n2)CC1C(=O)OCc1ccccc1. The summed E-state index contributed by atoms with van der Waals surface area (Å²) in [5, 5.41) is 15.9. The Morgan fingerprint density at radius 3 is 2.62 bits per heavy atom. The number of para-hydroxylation sites is 1. The molecule has 6 nitrogen and oxygen atoms in total. The highest BCUT2D eigenvalue weighted by molar-refractivity contribution is 5.82. The first-order valence-corrected chi connectivity index (χ1v) is 11.2. The van der Waals surface area contributed by atoms with Crippen molar-refractivity contribution in [1.82, 2.24) is 9.89 Å². The second kappa shape index (κ2) is 10.2. The quantitative estimate of drug-likeness (QED) is 0.392. The molecule has 0 saturated carbocycles. The first kappa shape index (κ1) is 21.7. The van der Waals surface area contributed by atoms with Gasteiger partial charge in [0.25, 0.3) is 0 Å². The normalized spacial score (nSPS) is 15.6. The number of unbranched alkanes of at least 4 members (excludes halogenated alkanes) is 2. The Hall–Kier alpha value is -3.54. The van der Waals surface area contributed by atoms with Gasteiger partial charge in [-0.2, -0.15) is 4.79 Å². The molecule has 0 fully saturated rings. The zero-order chi connectivity index (χ0) is 22.3. The van der Waals surface area contributed by atoms with E-state index in [2.05, 4.69) is 18.1 Å². The second-order valence-corrected chi connectivity index (χ2v) is 8.06. The highest BCUT2D eigenvalue weighted by atomic mass is 16.5. The van der Waals surface area contributed by atoms with Gasteiger partial charge in [0.15, 0.2) is 0 Å². The van der Waals surface area contributed by atoms with Gasteiger partial charge in [-0.25, -0.2) is 0 Å². The third-order valence-corrected chi connectivity index (χ3v) is 5.75. The van der Waals surface area contributed by atoms with Crippen molar-refractivity contribution in [2.24, 2.45) is 5.92 Å². The predicted octanol–water partition coefficient (Wildman–Crippen LogP) is 5.20. The topological polar surface area (TPSA) is 67.6 Å². The summed E-state index contributed by atoms with van der Waals surface area (Å²) in [4.78, 5) is 14.9. The third kappa shape index (κ3) is 5.02. The standard InChI is InChI=1S/C26H29N3O3/c1-2-3-5-12-21-17-22-13-8-9-14-24(22)28(29-16-15-25(30)27-29)18-23(21)26(31)32-19-20-10-6-4-7-11-20/h4,6-11,13-17,23H,2-3,5,12,18-19H2,1H3,(H,27,30). The Balaban J connectivity index is 1.65. The van der Waals surface area contributed by atoms with Crippen molar-refractivity contribution >= 4 is 17.7 Å². The average Bonchev–Trinajstić information content (AvgIpc) is 3.17. The molecule has 1 N–H and O–H groups in total. The number of aromatic nitrogens is 2. The van der Waals surface area contributed by atoms with Crippen molar-refractivity contribution in [2.45, 2.75) is 39.2 Å². The fraction of sp³-hybridized carbons (Fsp3) is 0.308. The number of nitrogens with zero attached hydrogens (tertiary/aromatic N) is 3. The highest BCUT2D eigenvalue weighted by Gasteiger charge is 2.31. The maximum atomic E-state index is 13.3. The minimum Gasteiger partial charge on any atom is -0.492 e. The van der Waals surface area contributed by atoms with Crippen LogP contribution in [0.2, 0.25) is 0 Å². The number of rotatable bonds is 8. The van der Waals surface area contributed by atoms with Crippen molar-refractivity contribution in [3.8, 4) is 5.88 Å².